The first-order valence-electron chi connectivity index (χ1n) is 9.37. The molecule has 0 saturated carbocycles. The van der Waals surface area contributed by atoms with Crippen LogP contribution in [0.5, 0.6) is 11.5 Å². The van der Waals surface area contributed by atoms with Crippen LogP contribution in [0.1, 0.15) is 15.9 Å². The zero-order valence-electron chi connectivity index (χ0n) is 15.8. The predicted octanol–water partition coefficient (Wildman–Crippen LogP) is 2.12. The highest BCUT2D eigenvalue weighted by atomic mass is 16.7. The van der Waals surface area contributed by atoms with E-state index < -0.39 is 0 Å². The van der Waals surface area contributed by atoms with Gasteiger partial charge in [0.1, 0.15) is 0 Å². The van der Waals surface area contributed by atoms with E-state index in [-0.39, 0.29) is 18.6 Å². The van der Waals surface area contributed by atoms with Crippen LogP contribution >= 0.6 is 0 Å². The first-order chi connectivity index (χ1) is 13.6. The van der Waals surface area contributed by atoms with Gasteiger partial charge in [-0.05, 0) is 30.7 Å². The monoisotopic (exact) mass is 381 g/mol. The van der Waals surface area contributed by atoms with Gasteiger partial charge in [0.15, 0.2) is 11.5 Å². The van der Waals surface area contributed by atoms with Crippen molar-refractivity contribution in [3.8, 4) is 11.5 Å². The average Bonchev–Trinajstić information content (AvgIpc) is 3.16. The fourth-order valence-electron chi connectivity index (χ4n) is 3.47. The molecule has 0 radical (unpaired) electrons. The molecule has 1 saturated heterocycles. The number of benzene rings is 2. The molecule has 0 aromatic heterocycles. The highest BCUT2D eigenvalue weighted by Gasteiger charge is 2.24. The summed E-state index contributed by atoms with van der Waals surface area (Å²) in [5, 5.41) is 2.89. The van der Waals surface area contributed by atoms with Crippen molar-refractivity contribution in [1.29, 1.82) is 0 Å². The number of amides is 2. The second-order valence-corrected chi connectivity index (χ2v) is 7.00. The Morgan fingerprint density at radius 3 is 2.54 bits per heavy atom. The van der Waals surface area contributed by atoms with Crippen LogP contribution in [0, 0.1) is 6.92 Å². The molecule has 0 aliphatic carbocycles. The van der Waals surface area contributed by atoms with Gasteiger partial charge in [0.05, 0.1) is 6.54 Å². The number of nitrogens with one attached hydrogen (secondary N) is 1. The van der Waals surface area contributed by atoms with Crippen LogP contribution in [0.4, 0.5) is 5.69 Å². The van der Waals surface area contributed by atoms with Gasteiger partial charge in [-0.15, -0.1) is 0 Å². The molecule has 2 aromatic carbocycles. The maximum atomic E-state index is 12.7. The molecule has 7 nitrogen and oxygen atoms in total. The highest BCUT2D eigenvalue weighted by Crippen LogP contribution is 2.34. The largest absolute Gasteiger partial charge is 0.454 e. The molecule has 146 valence electrons. The molecule has 2 amide bonds. The summed E-state index contributed by atoms with van der Waals surface area (Å²) < 4.78 is 10.6. The maximum Gasteiger partial charge on any atom is 0.254 e. The van der Waals surface area contributed by atoms with Gasteiger partial charge in [-0.1, -0.05) is 18.2 Å². The number of hydrogen-bond donors (Lipinski definition) is 1. The lowest BCUT2D eigenvalue weighted by atomic mass is 10.1. The number of piperazine rings is 1. The third-order valence-corrected chi connectivity index (χ3v) is 5.06. The predicted molar refractivity (Wildman–Crippen MR) is 105 cm³/mol. The van der Waals surface area contributed by atoms with Crippen LogP contribution in [0.2, 0.25) is 0 Å². The molecule has 2 heterocycles. The Kier molecular flexibility index (Phi) is 5.16. The van der Waals surface area contributed by atoms with E-state index in [0.29, 0.717) is 49.9 Å². The highest BCUT2D eigenvalue weighted by molar-refractivity contribution is 5.96. The smallest absolute Gasteiger partial charge is 0.254 e. The lowest BCUT2D eigenvalue weighted by Gasteiger charge is -2.34. The summed E-state index contributed by atoms with van der Waals surface area (Å²) in [5.41, 5.74) is 2.41. The molecule has 0 unspecified atom stereocenters. The maximum absolute atomic E-state index is 12.7. The number of aryl methyl sites for hydroxylation is 1. The van der Waals surface area contributed by atoms with E-state index in [1.54, 1.807) is 18.2 Å². The van der Waals surface area contributed by atoms with Crippen molar-refractivity contribution in [2.45, 2.75) is 6.92 Å². The number of carbonyl (C=O) groups excluding carboxylic acids is 2. The number of anilines is 1. The van der Waals surface area contributed by atoms with Gasteiger partial charge in [0.2, 0.25) is 12.7 Å². The second kappa shape index (κ2) is 7.90. The van der Waals surface area contributed by atoms with E-state index in [1.807, 2.05) is 36.1 Å². The number of carbonyl (C=O) groups is 2. The van der Waals surface area contributed by atoms with Crippen molar-refractivity contribution >= 4 is 17.5 Å². The van der Waals surface area contributed by atoms with Crippen molar-refractivity contribution in [3.63, 3.8) is 0 Å². The summed E-state index contributed by atoms with van der Waals surface area (Å²) in [6.07, 6.45) is 0. The molecule has 2 aliphatic rings. The van der Waals surface area contributed by atoms with Gasteiger partial charge in [-0.25, -0.2) is 0 Å². The van der Waals surface area contributed by atoms with Gasteiger partial charge in [0.25, 0.3) is 5.91 Å². The van der Waals surface area contributed by atoms with Crippen molar-refractivity contribution in [2.24, 2.45) is 0 Å². The van der Waals surface area contributed by atoms with Crippen molar-refractivity contribution < 1.29 is 19.1 Å². The minimum atomic E-state index is -0.0856. The molecule has 2 aliphatic heterocycles. The van der Waals surface area contributed by atoms with E-state index in [2.05, 4.69) is 10.2 Å². The lowest BCUT2D eigenvalue weighted by Crippen LogP contribution is -2.50. The lowest BCUT2D eigenvalue weighted by molar-refractivity contribution is -0.117. The molecule has 4 rings (SSSR count). The zero-order valence-corrected chi connectivity index (χ0v) is 15.8. The number of fused-ring (bicyclic) bond motifs is 1. The summed E-state index contributed by atoms with van der Waals surface area (Å²) in [5.74, 6) is 1.30. The number of ether oxygens (including phenoxy) is 2. The number of hydrogen-bond acceptors (Lipinski definition) is 5. The summed E-state index contributed by atoms with van der Waals surface area (Å²) in [6, 6.07) is 13.0. The Hall–Kier alpha value is -3.06. The summed E-state index contributed by atoms with van der Waals surface area (Å²) >= 11 is 0. The molecule has 2 aromatic rings. The van der Waals surface area contributed by atoms with Crippen LogP contribution < -0.4 is 14.8 Å². The van der Waals surface area contributed by atoms with Crippen LogP contribution in [0.25, 0.3) is 0 Å². The SMILES string of the molecule is Cc1ccccc1C(=O)N1CCN(CC(=O)Nc2ccc3c(c2)OCO3)CC1. The minimum absolute atomic E-state index is 0.0579. The fourth-order valence-corrected chi connectivity index (χ4v) is 3.47. The molecular formula is C21H23N3O4. The molecule has 0 spiro atoms. The van der Waals surface area contributed by atoms with Crippen LogP contribution in [0.15, 0.2) is 42.5 Å². The van der Waals surface area contributed by atoms with E-state index >= 15 is 0 Å². The van der Waals surface area contributed by atoms with Crippen LogP contribution in [-0.2, 0) is 4.79 Å². The van der Waals surface area contributed by atoms with E-state index in [9.17, 15) is 9.59 Å². The summed E-state index contributed by atoms with van der Waals surface area (Å²) in [7, 11) is 0. The molecule has 28 heavy (non-hydrogen) atoms. The molecule has 0 bridgehead atoms. The van der Waals surface area contributed by atoms with Gasteiger partial charge in [-0.2, -0.15) is 0 Å². The Morgan fingerprint density at radius 2 is 1.75 bits per heavy atom. The summed E-state index contributed by atoms with van der Waals surface area (Å²) in [6.45, 7) is 5.02. The molecule has 1 N–H and O–H groups in total. The Morgan fingerprint density at radius 1 is 1.00 bits per heavy atom. The molecule has 0 atom stereocenters. The molecule has 7 heteroatoms. The van der Waals surface area contributed by atoms with E-state index in [0.717, 1.165) is 11.1 Å². The van der Waals surface area contributed by atoms with Crippen molar-refractivity contribution in [1.82, 2.24) is 9.80 Å². The van der Waals surface area contributed by atoms with Gasteiger partial charge in [-0.3, -0.25) is 14.5 Å². The number of nitrogens with zero attached hydrogens (tertiary/aromatic N) is 2. The second-order valence-electron chi connectivity index (χ2n) is 7.00. The Balaban J connectivity index is 1.28. The normalized spacial score (nSPS) is 16.1. The minimum Gasteiger partial charge on any atom is -0.454 e. The zero-order chi connectivity index (χ0) is 19.5. The molecular weight excluding hydrogens is 358 g/mol. The average molecular weight is 381 g/mol. The van der Waals surface area contributed by atoms with Crippen molar-refractivity contribution in [2.75, 3.05) is 44.8 Å². The van der Waals surface area contributed by atoms with Crippen LogP contribution in [0.3, 0.4) is 0 Å². The third-order valence-electron chi connectivity index (χ3n) is 5.06. The van der Waals surface area contributed by atoms with Gasteiger partial charge < -0.3 is 19.7 Å². The van der Waals surface area contributed by atoms with E-state index in [4.69, 9.17) is 9.47 Å². The van der Waals surface area contributed by atoms with Gasteiger partial charge in [0, 0.05) is 43.5 Å². The fraction of sp³-hybridized carbons (Fsp3) is 0.333. The van der Waals surface area contributed by atoms with Crippen molar-refractivity contribution in [3.05, 3.63) is 53.6 Å². The first kappa shape index (κ1) is 18.3. The van der Waals surface area contributed by atoms with Gasteiger partial charge >= 0.3 is 0 Å². The number of rotatable bonds is 4. The summed E-state index contributed by atoms with van der Waals surface area (Å²) in [4.78, 5) is 29.0. The molecule has 1 fully saturated rings. The van der Waals surface area contributed by atoms with E-state index in [1.165, 1.54) is 0 Å². The Bertz CT molecular complexity index is 891. The standard InChI is InChI=1S/C21H23N3O4/c1-15-4-2-3-5-17(15)21(26)24-10-8-23(9-11-24)13-20(25)22-16-6-7-18-19(12-16)28-14-27-18/h2-7,12H,8-11,13-14H2,1H3,(H,22,25). The quantitative estimate of drug-likeness (QED) is 0.879. The topological polar surface area (TPSA) is 71.1 Å². The van der Waals surface area contributed by atoms with Crippen LogP contribution in [-0.4, -0.2) is 61.1 Å². The third kappa shape index (κ3) is 3.94. The Labute approximate surface area is 163 Å². The first-order valence-corrected chi connectivity index (χ1v) is 9.37.